The molecule has 2 aromatic carbocycles. The van der Waals surface area contributed by atoms with Crippen molar-refractivity contribution >= 4 is 28.3 Å². The summed E-state index contributed by atoms with van der Waals surface area (Å²) in [6, 6.07) is 13.8. The van der Waals surface area contributed by atoms with Crippen LogP contribution in [0.2, 0.25) is 5.02 Å². The van der Waals surface area contributed by atoms with Crippen LogP contribution in [0.1, 0.15) is 35.7 Å². The molecule has 0 spiro atoms. The summed E-state index contributed by atoms with van der Waals surface area (Å²) in [4.78, 5) is 12.2. The monoisotopic (exact) mass is 355 g/mol. The van der Waals surface area contributed by atoms with Crippen LogP contribution in [0.15, 0.2) is 48.7 Å². The third kappa shape index (κ3) is 3.88. The van der Waals surface area contributed by atoms with Crippen molar-refractivity contribution in [2.24, 2.45) is 0 Å². The lowest BCUT2D eigenvalue weighted by atomic mass is 10.1. The van der Waals surface area contributed by atoms with Gasteiger partial charge in [0.2, 0.25) is 0 Å². The molecule has 130 valence electrons. The molecule has 3 nitrogen and oxygen atoms in total. The van der Waals surface area contributed by atoms with Gasteiger partial charge in [0, 0.05) is 40.7 Å². The number of benzene rings is 2. The lowest BCUT2D eigenvalue weighted by molar-refractivity contribution is 0.0989. The number of nitrogens with zero attached hydrogens (tertiary/aromatic N) is 1. The van der Waals surface area contributed by atoms with Crippen LogP contribution in [0.25, 0.3) is 10.9 Å². The fraction of sp³-hybridized carbons (Fsp3) is 0.286. The number of hydrogen-bond donors (Lipinski definition) is 0. The molecule has 0 aliphatic rings. The predicted octanol–water partition coefficient (Wildman–Crippen LogP) is 5.66. The van der Waals surface area contributed by atoms with Crippen LogP contribution in [0.5, 0.6) is 5.75 Å². The number of rotatable bonds is 7. The number of para-hydroxylation sites is 1. The first-order valence-corrected chi connectivity index (χ1v) is 8.98. The molecule has 0 N–H and O–H groups in total. The summed E-state index contributed by atoms with van der Waals surface area (Å²) in [6.07, 6.45) is 3.36. The number of carbonyl (C=O) groups is 1. The number of ketones is 1. The minimum atomic E-state index is 0.183. The molecule has 0 aliphatic carbocycles. The second-order valence-electron chi connectivity index (χ2n) is 6.14. The minimum absolute atomic E-state index is 0.183. The Hall–Kier alpha value is -2.26. The maximum Gasteiger partial charge on any atom is 0.164 e. The quantitative estimate of drug-likeness (QED) is 0.404. The van der Waals surface area contributed by atoms with Crippen molar-refractivity contribution in [2.45, 2.75) is 33.2 Å². The third-order valence-corrected chi connectivity index (χ3v) is 4.78. The normalized spacial score (nSPS) is 11.0. The molecule has 0 fully saturated rings. The van der Waals surface area contributed by atoms with Crippen LogP contribution in [0.3, 0.4) is 0 Å². The molecule has 0 saturated carbocycles. The van der Waals surface area contributed by atoms with E-state index in [9.17, 15) is 4.79 Å². The van der Waals surface area contributed by atoms with Gasteiger partial charge >= 0.3 is 0 Å². The van der Waals surface area contributed by atoms with E-state index in [-0.39, 0.29) is 5.78 Å². The van der Waals surface area contributed by atoms with E-state index in [1.165, 1.54) is 0 Å². The van der Waals surface area contributed by atoms with Gasteiger partial charge in [-0.25, -0.2) is 0 Å². The van der Waals surface area contributed by atoms with E-state index in [1.807, 2.05) is 56.4 Å². The van der Waals surface area contributed by atoms with E-state index in [1.54, 1.807) is 0 Å². The van der Waals surface area contributed by atoms with E-state index >= 15 is 0 Å². The first kappa shape index (κ1) is 17.6. The fourth-order valence-corrected chi connectivity index (χ4v) is 3.09. The Kier molecular flexibility index (Phi) is 5.44. The van der Waals surface area contributed by atoms with Crippen molar-refractivity contribution in [2.75, 3.05) is 6.61 Å². The zero-order valence-corrected chi connectivity index (χ0v) is 15.3. The van der Waals surface area contributed by atoms with Crippen LogP contribution in [0, 0.1) is 6.92 Å². The van der Waals surface area contributed by atoms with Crippen LogP contribution < -0.4 is 4.74 Å². The third-order valence-electron chi connectivity index (χ3n) is 4.35. The van der Waals surface area contributed by atoms with E-state index in [0.29, 0.717) is 13.0 Å². The van der Waals surface area contributed by atoms with Crippen molar-refractivity contribution in [1.29, 1.82) is 0 Å². The van der Waals surface area contributed by atoms with Gasteiger partial charge in [-0.3, -0.25) is 4.79 Å². The van der Waals surface area contributed by atoms with E-state index in [0.717, 1.165) is 45.8 Å². The Morgan fingerprint density at radius 3 is 2.76 bits per heavy atom. The molecule has 3 aromatic rings. The lowest BCUT2D eigenvalue weighted by Crippen LogP contribution is -2.04. The standard InChI is InChI=1S/C21H22ClNO2/c1-3-21(24)18-14-23(20-8-5-4-7-17(18)20)11-6-12-25-16-9-10-19(22)15(2)13-16/h4-5,7-10,13-14H,3,6,11-12H2,1-2H3. The number of hydrogen-bond acceptors (Lipinski definition) is 2. The molecule has 4 heteroatoms. The Bertz CT molecular complexity index is 898. The lowest BCUT2D eigenvalue weighted by Gasteiger charge is -2.09. The molecule has 0 atom stereocenters. The minimum Gasteiger partial charge on any atom is -0.494 e. The number of Topliss-reactive ketones (excluding diaryl/α,β-unsaturated/α-hetero) is 1. The predicted molar refractivity (Wildman–Crippen MR) is 103 cm³/mol. The molecule has 0 radical (unpaired) electrons. The zero-order valence-electron chi connectivity index (χ0n) is 14.6. The van der Waals surface area contributed by atoms with Crippen LogP contribution in [-0.4, -0.2) is 17.0 Å². The number of halogens is 1. The summed E-state index contributed by atoms with van der Waals surface area (Å²) >= 11 is 6.03. The molecule has 0 saturated heterocycles. The number of carbonyl (C=O) groups excluding carboxylic acids is 1. The first-order valence-electron chi connectivity index (χ1n) is 8.60. The fourth-order valence-electron chi connectivity index (χ4n) is 2.98. The van der Waals surface area contributed by atoms with Crippen molar-refractivity contribution in [3.8, 4) is 5.75 Å². The van der Waals surface area contributed by atoms with E-state index in [4.69, 9.17) is 16.3 Å². The summed E-state index contributed by atoms with van der Waals surface area (Å²) in [7, 11) is 0. The van der Waals surface area contributed by atoms with Crippen molar-refractivity contribution < 1.29 is 9.53 Å². The Labute approximate surface area is 153 Å². The Morgan fingerprint density at radius 1 is 1.20 bits per heavy atom. The largest absolute Gasteiger partial charge is 0.494 e. The zero-order chi connectivity index (χ0) is 17.8. The Morgan fingerprint density at radius 2 is 2.00 bits per heavy atom. The van der Waals surface area contributed by atoms with Crippen LogP contribution >= 0.6 is 11.6 Å². The molecule has 0 amide bonds. The summed E-state index contributed by atoms with van der Waals surface area (Å²) in [6.45, 7) is 5.29. The number of ether oxygens (including phenoxy) is 1. The molecule has 0 unspecified atom stereocenters. The van der Waals surface area contributed by atoms with Gasteiger partial charge in [0.1, 0.15) is 5.75 Å². The average molecular weight is 356 g/mol. The highest BCUT2D eigenvalue weighted by Crippen LogP contribution is 2.24. The van der Waals surface area contributed by atoms with Gasteiger partial charge in [-0.1, -0.05) is 36.7 Å². The summed E-state index contributed by atoms with van der Waals surface area (Å²) < 4.78 is 7.96. The SMILES string of the molecule is CCC(=O)c1cn(CCCOc2ccc(Cl)c(C)c2)c2ccccc12. The molecule has 1 aromatic heterocycles. The molecule has 3 rings (SSSR count). The second kappa shape index (κ2) is 7.75. The van der Waals surface area contributed by atoms with Gasteiger partial charge in [0.25, 0.3) is 0 Å². The van der Waals surface area contributed by atoms with Gasteiger partial charge in [-0.2, -0.15) is 0 Å². The van der Waals surface area contributed by atoms with Gasteiger partial charge in [-0.15, -0.1) is 0 Å². The highest BCUT2D eigenvalue weighted by molar-refractivity contribution is 6.31. The summed E-state index contributed by atoms with van der Waals surface area (Å²) in [5.41, 5.74) is 2.92. The van der Waals surface area contributed by atoms with Gasteiger partial charge in [-0.05, 0) is 43.2 Å². The molecule has 0 aliphatic heterocycles. The topological polar surface area (TPSA) is 31.2 Å². The number of aromatic nitrogens is 1. The first-order chi connectivity index (χ1) is 12.1. The number of aryl methyl sites for hydroxylation is 2. The van der Waals surface area contributed by atoms with Crippen LogP contribution in [-0.2, 0) is 6.54 Å². The number of fused-ring (bicyclic) bond motifs is 1. The van der Waals surface area contributed by atoms with Crippen LogP contribution in [0.4, 0.5) is 0 Å². The second-order valence-corrected chi connectivity index (χ2v) is 6.55. The maximum atomic E-state index is 12.2. The molecule has 0 bridgehead atoms. The molecule has 1 heterocycles. The van der Waals surface area contributed by atoms with E-state index in [2.05, 4.69) is 10.6 Å². The van der Waals surface area contributed by atoms with Crippen molar-refractivity contribution in [3.63, 3.8) is 0 Å². The van der Waals surface area contributed by atoms with Crippen molar-refractivity contribution in [3.05, 3.63) is 64.8 Å². The van der Waals surface area contributed by atoms with Gasteiger partial charge in [0.15, 0.2) is 5.78 Å². The van der Waals surface area contributed by atoms with Gasteiger partial charge in [0.05, 0.1) is 6.61 Å². The van der Waals surface area contributed by atoms with Crippen molar-refractivity contribution in [1.82, 2.24) is 4.57 Å². The highest BCUT2D eigenvalue weighted by Gasteiger charge is 2.13. The van der Waals surface area contributed by atoms with Gasteiger partial charge < -0.3 is 9.30 Å². The molecule has 25 heavy (non-hydrogen) atoms. The maximum absolute atomic E-state index is 12.2. The molecular weight excluding hydrogens is 334 g/mol. The highest BCUT2D eigenvalue weighted by atomic mass is 35.5. The van der Waals surface area contributed by atoms with E-state index < -0.39 is 0 Å². The Balaban J connectivity index is 1.67. The summed E-state index contributed by atoms with van der Waals surface area (Å²) in [5.74, 6) is 1.02. The molecular formula is C21H22ClNO2. The summed E-state index contributed by atoms with van der Waals surface area (Å²) in [5, 5.41) is 1.78. The average Bonchev–Trinajstić information content (AvgIpc) is 3.00. The smallest absolute Gasteiger partial charge is 0.164 e.